The van der Waals surface area contributed by atoms with Crippen LogP contribution in [0.4, 0.5) is 0 Å². The Bertz CT molecular complexity index is 1240. The van der Waals surface area contributed by atoms with Gasteiger partial charge >= 0.3 is 5.76 Å². The highest BCUT2D eigenvalue weighted by atomic mass is 32.2. The fourth-order valence-corrected chi connectivity index (χ4v) is 4.21. The summed E-state index contributed by atoms with van der Waals surface area (Å²) in [6.07, 6.45) is 1.62. The Morgan fingerprint density at radius 2 is 1.79 bits per heavy atom. The third-order valence-corrected chi connectivity index (χ3v) is 5.88. The van der Waals surface area contributed by atoms with Crippen molar-refractivity contribution in [3.8, 4) is 0 Å². The lowest BCUT2D eigenvalue weighted by Gasteiger charge is -2.19. The van der Waals surface area contributed by atoms with E-state index in [1.54, 1.807) is 37.5 Å². The quantitative estimate of drug-likeness (QED) is 0.561. The molecule has 0 aliphatic carbocycles. The standard InChI is InChI=1S/C20H17N3O4S/c1-23-17-11-10-15(13-18(17)27-20(23)24)28(25,26)22-19(14-7-3-2-4-8-14)16-9-5-6-12-21-16/h2-13,19,22H,1H3. The summed E-state index contributed by atoms with van der Waals surface area (Å²) in [4.78, 5) is 16.0. The molecular weight excluding hydrogens is 378 g/mol. The molecular formula is C20H17N3O4S. The molecule has 0 spiro atoms. The number of nitrogens with zero attached hydrogens (tertiary/aromatic N) is 2. The van der Waals surface area contributed by atoms with Crippen molar-refractivity contribution in [1.82, 2.24) is 14.3 Å². The van der Waals surface area contributed by atoms with Crippen molar-refractivity contribution in [2.45, 2.75) is 10.9 Å². The van der Waals surface area contributed by atoms with Gasteiger partial charge in [-0.25, -0.2) is 13.2 Å². The van der Waals surface area contributed by atoms with E-state index in [0.29, 0.717) is 11.2 Å². The number of fused-ring (bicyclic) bond motifs is 1. The average molecular weight is 395 g/mol. The number of nitrogens with one attached hydrogen (secondary N) is 1. The zero-order chi connectivity index (χ0) is 19.7. The van der Waals surface area contributed by atoms with Crippen LogP contribution in [0.2, 0.25) is 0 Å². The summed E-state index contributed by atoms with van der Waals surface area (Å²) in [5, 5.41) is 0. The van der Waals surface area contributed by atoms with Crippen LogP contribution in [-0.2, 0) is 17.1 Å². The number of benzene rings is 2. The van der Waals surface area contributed by atoms with Crippen LogP contribution in [0.1, 0.15) is 17.3 Å². The van der Waals surface area contributed by atoms with Crippen molar-refractivity contribution < 1.29 is 12.8 Å². The molecule has 2 aromatic carbocycles. The highest BCUT2D eigenvalue weighted by Crippen LogP contribution is 2.24. The van der Waals surface area contributed by atoms with E-state index in [0.717, 1.165) is 5.56 Å². The minimum absolute atomic E-state index is 0.00575. The lowest BCUT2D eigenvalue weighted by atomic mass is 10.0. The van der Waals surface area contributed by atoms with Crippen LogP contribution in [0.15, 0.2) is 87.0 Å². The van der Waals surface area contributed by atoms with E-state index in [2.05, 4.69) is 9.71 Å². The van der Waals surface area contributed by atoms with E-state index in [9.17, 15) is 13.2 Å². The normalized spacial score (nSPS) is 12.9. The Hall–Kier alpha value is -3.23. The molecule has 1 N–H and O–H groups in total. The number of oxazole rings is 1. The monoisotopic (exact) mass is 395 g/mol. The maximum atomic E-state index is 13.1. The summed E-state index contributed by atoms with van der Waals surface area (Å²) >= 11 is 0. The number of aryl methyl sites for hydroxylation is 1. The Kier molecular flexibility index (Phi) is 4.58. The summed E-state index contributed by atoms with van der Waals surface area (Å²) in [6, 6.07) is 18.2. The van der Waals surface area contributed by atoms with Gasteiger partial charge in [-0.3, -0.25) is 9.55 Å². The second-order valence-corrected chi connectivity index (χ2v) is 7.99. The molecule has 7 nitrogen and oxygen atoms in total. The van der Waals surface area contributed by atoms with Crippen LogP contribution in [-0.4, -0.2) is 18.0 Å². The molecule has 0 fully saturated rings. The predicted molar refractivity (Wildman–Crippen MR) is 104 cm³/mol. The highest BCUT2D eigenvalue weighted by molar-refractivity contribution is 7.89. The molecule has 1 atom stereocenters. The smallest absolute Gasteiger partial charge is 0.408 e. The van der Waals surface area contributed by atoms with E-state index in [1.165, 1.54) is 16.7 Å². The van der Waals surface area contributed by atoms with Gasteiger partial charge in [0.05, 0.1) is 22.1 Å². The lowest BCUT2D eigenvalue weighted by molar-refractivity contribution is 0.527. The van der Waals surface area contributed by atoms with Gasteiger partial charge in [0.2, 0.25) is 10.0 Å². The fraction of sp³-hybridized carbons (Fsp3) is 0.100. The first-order valence-electron chi connectivity index (χ1n) is 8.53. The molecule has 0 aliphatic heterocycles. The maximum Gasteiger partial charge on any atom is 0.419 e. The van der Waals surface area contributed by atoms with Gasteiger partial charge in [0.1, 0.15) is 0 Å². The van der Waals surface area contributed by atoms with E-state index in [4.69, 9.17) is 4.42 Å². The molecule has 4 rings (SSSR count). The molecule has 0 amide bonds. The van der Waals surface area contributed by atoms with Gasteiger partial charge in [-0.05, 0) is 29.8 Å². The lowest BCUT2D eigenvalue weighted by Crippen LogP contribution is -2.30. The molecule has 0 saturated carbocycles. The van der Waals surface area contributed by atoms with Crippen LogP contribution < -0.4 is 10.5 Å². The molecule has 2 aromatic heterocycles. The van der Waals surface area contributed by atoms with Crippen molar-refractivity contribution in [2.75, 3.05) is 0 Å². The largest absolute Gasteiger partial charge is 0.419 e. The van der Waals surface area contributed by atoms with Gasteiger partial charge in [0.15, 0.2) is 5.58 Å². The van der Waals surface area contributed by atoms with Crippen LogP contribution in [0.25, 0.3) is 11.1 Å². The van der Waals surface area contributed by atoms with E-state index in [-0.39, 0.29) is 10.5 Å². The summed E-state index contributed by atoms with van der Waals surface area (Å²) in [7, 11) is -2.35. The molecule has 8 heteroatoms. The number of hydrogen-bond donors (Lipinski definition) is 1. The maximum absolute atomic E-state index is 13.1. The topological polar surface area (TPSA) is 94.2 Å². The average Bonchev–Trinajstić information content (AvgIpc) is 3.01. The zero-order valence-electron chi connectivity index (χ0n) is 14.9. The summed E-state index contributed by atoms with van der Waals surface area (Å²) < 4.78 is 35.3. The van der Waals surface area contributed by atoms with Crippen LogP contribution in [0.5, 0.6) is 0 Å². The fourth-order valence-electron chi connectivity index (χ4n) is 3.00. The minimum Gasteiger partial charge on any atom is -0.408 e. The number of rotatable bonds is 5. The Morgan fingerprint density at radius 1 is 1.04 bits per heavy atom. The summed E-state index contributed by atoms with van der Waals surface area (Å²) in [5.41, 5.74) is 2.07. The molecule has 142 valence electrons. The first-order chi connectivity index (χ1) is 13.5. The van der Waals surface area contributed by atoms with Crippen LogP contribution in [0, 0.1) is 0 Å². The Balaban J connectivity index is 1.76. The molecule has 1 unspecified atom stereocenters. The third-order valence-electron chi connectivity index (χ3n) is 4.46. The number of hydrogen-bond acceptors (Lipinski definition) is 5. The van der Waals surface area contributed by atoms with Crippen molar-refractivity contribution in [2.24, 2.45) is 7.05 Å². The second kappa shape index (κ2) is 7.06. The summed E-state index contributed by atoms with van der Waals surface area (Å²) in [5.74, 6) is -0.548. The molecule has 0 saturated heterocycles. The number of pyridine rings is 1. The van der Waals surface area contributed by atoms with Crippen molar-refractivity contribution >= 4 is 21.1 Å². The number of aromatic nitrogens is 2. The Morgan fingerprint density at radius 3 is 2.50 bits per heavy atom. The highest BCUT2D eigenvalue weighted by Gasteiger charge is 2.24. The van der Waals surface area contributed by atoms with E-state index < -0.39 is 21.8 Å². The molecule has 0 bridgehead atoms. The first-order valence-corrected chi connectivity index (χ1v) is 10.0. The molecule has 28 heavy (non-hydrogen) atoms. The minimum atomic E-state index is -3.91. The van der Waals surface area contributed by atoms with Gasteiger partial charge < -0.3 is 4.42 Å². The van der Waals surface area contributed by atoms with Gasteiger partial charge in [-0.15, -0.1) is 0 Å². The van der Waals surface area contributed by atoms with Gasteiger partial charge in [0.25, 0.3) is 0 Å². The van der Waals surface area contributed by atoms with Crippen molar-refractivity contribution in [1.29, 1.82) is 0 Å². The molecule has 2 heterocycles. The van der Waals surface area contributed by atoms with Gasteiger partial charge in [0, 0.05) is 19.3 Å². The van der Waals surface area contributed by atoms with Crippen LogP contribution >= 0.6 is 0 Å². The summed E-state index contributed by atoms with van der Waals surface area (Å²) in [6.45, 7) is 0. The second-order valence-electron chi connectivity index (χ2n) is 6.28. The van der Waals surface area contributed by atoms with Gasteiger partial charge in [-0.1, -0.05) is 36.4 Å². The SMILES string of the molecule is Cn1c(=O)oc2cc(S(=O)(=O)NC(c3ccccc3)c3ccccn3)ccc21. The predicted octanol–water partition coefficient (Wildman–Crippen LogP) is 2.59. The third kappa shape index (κ3) is 3.35. The molecule has 0 radical (unpaired) electrons. The van der Waals surface area contributed by atoms with E-state index in [1.807, 2.05) is 30.3 Å². The van der Waals surface area contributed by atoms with E-state index >= 15 is 0 Å². The molecule has 4 aromatic rings. The van der Waals surface area contributed by atoms with Crippen LogP contribution in [0.3, 0.4) is 0 Å². The van der Waals surface area contributed by atoms with Crippen molar-refractivity contribution in [3.05, 3.63) is 94.7 Å². The number of sulfonamides is 1. The van der Waals surface area contributed by atoms with Gasteiger partial charge in [-0.2, -0.15) is 4.72 Å². The van der Waals surface area contributed by atoms with Crippen molar-refractivity contribution in [3.63, 3.8) is 0 Å². The first kappa shape index (κ1) is 18.1. The zero-order valence-corrected chi connectivity index (χ0v) is 15.8. The molecule has 0 aliphatic rings. The Labute approximate surface area is 161 Å².